The molecule has 0 aliphatic rings. The minimum absolute atomic E-state index is 0.00165. The van der Waals surface area contributed by atoms with Crippen molar-refractivity contribution in [3.63, 3.8) is 0 Å². The molecule has 8 nitrogen and oxygen atoms in total. The van der Waals surface area contributed by atoms with Crippen LogP contribution in [0, 0.1) is 11.3 Å². The predicted molar refractivity (Wildman–Crippen MR) is 147 cm³/mol. The molecule has 0 bridgehead atoms. The van der Waals surface area contributed by atoms with Crippen molar-refractivity contribution in [1.29, 1.82) is 5.26 Å². The Labute approximate surface area is 225 Å². The van der Waals surface area contributed by atoms with Crippen LogP contribution in [0.5, 0.6) is 11.5 Å². The SMILES string of the molecule is CCOC(=O)[C@H](O)Cc1cc(O[Si](C)(C)C(C)(C)C)ccc1OCc1ccnc(-c2ccccc2C#N)n1. The van der Waals surface area contributed by atoms with Crippen LogP contribution in [0.2, 0.25) is 18.1 Å². The van der Waals surface area contributed by atoms with Crippen LogP contribution in [0.15, 0.2) is 54.7 Å². The van der Waals surface area contributed by atoms with Crippen LogP contribution in [0.25, 0.3) is 11.4 Å². The van der Waals surface area contributed by atoms with E-state index in [-0.39, 0.29) is 24.7 Å². The zero-order valence-corrected chi connectivity index (χ0v) is 23.8. The zero-order valence-electron chi connectivity index (χ0n) is 22.8. The van der Waals surface area contributed by atoms with Crippen molar-refractivity contribution in [2.45, 2.75) is 65.0 Å². The molecule has 0 radical (unpaired) electrons. The summed E-state index contributed by atoms with van der Waals surface area (Å²) >= 11 is 0. The van der Waals surface area contributed by atoms with E-state index in [1.165, 1.54) is 0 Å². The van der Waals surface area contributed by atoms with Gasteiger partial charge in [0.25, 0.3) is 0 Å². The van der Waals surface area contributed by atoms with Crippen molar-refractivity contribution in [3.8, 4) is 29.0 Å². The van der Waals surface area contributed by atoms with Gasteiger partial charge in [0.2, 0.25) is 8.32 Å². The first-order chi connectivity index (χ1) is 17.9. The summed E-state index contributed by atoms with van der Waals surface area (Å²) < 4.78 is 17.5. The Hall–Kier alpha value is -3.74. The second-order valence-corrected chi connectivity index (χ2v) is 15.1. The van der Waals surface area contributed by atoms with Gasteiger partial charge in [-0.15, -0.1) is 0 Å². The number of benzene rings is 2. The number of rotatable bonds is 10. The first-order valence-corrected chi connectivity index (χ1v) is 15.5. The molecule has 0 aliphatic carbocycles. The van der Waals surface area contributed by atoms with Gasteiger partial charge in [-0.25, -0.2) is 14.8 Å². The molecule has 0 spiro atoms. The van der Waals surface area contributed by atoms with E-state index in [9.17, 15) is 15.2 Å². The quantitative estimate of drug-likeness (QED) is 0.270. The van der Waals surface area contributed by atoms with Gasteiger partial charge in [0.05, 0.1) is 23.9 Å². The highest BCUT2D eigenvalue weighted by Gasteiger charge is 2.39. The van der Waals surface area contributed by atoms with Gasteiger partial charge >= 0.3 is 5.97 Å². The van der Waals surface area contributed by atoms with E-state index in [1.807, 2.05) is 18.2 Å². The maximum atomic E-state index is 12.1. The molecule has 1 N–H and O–H groups in total. The third-order valence-corrected chi connectivity index (χ3v) is 10.9. The fourth-order valence-corrected chi connectivity index (χ4v) is 4.45. The van der Waals surface area contributed by atoms with Crippen molar-refractivity contribution in [3.05, 3.63) is 71.5 Å². The van der Waals surface area contributed by atoms with E-state index < -0.39 is 20.4 Å². The van der Waals surface area contributed by atoms with E-state index in [1.54, 1.807) is 43.5 Å². The molecule has 0 unspecified atom stereocenters. The highest BCUT2D eigenvalue weighted by molar-refractivity contribution is 6.74. The Kier molecular flexibility index (Phi) is 9.25. The van der Waals surface area contributed by atoms with Crippen molar-refractivity contribution in [2.75, 3.05) is 6.61 Å². The minimum atomic E-state index is -2.11. The smallest absolute Gasteiger partial charge is 0.335 e. The number of aliphatic hydroxyl groups excluding tert-OH is 1. The van der Waals surface area contributed by atoms with Gasteiger partial charge in [0.15, 0.2) is 11.9 Å². The molecule has 3 rings (SSSR count). The topological polar surface area (TPSA) is 115 Å². The lowest BCUT2D eigenvalue weighted by atomic mass is 10.1. The van der Waals surface area contributed by atoms with E-state index in [4.69, 9.17) is 13.9 Å². The standard InChI is InChI=1S/C29H35N3O5Si/c1-7-35-28(34)25(33)17-21-16-23(37-38(5,6)29(2,3)4)12-13-26(21)36-19-22-14-15-31-27(32-22)24-11-9-8-10-20(24)18-30/h8-16,25,33H,7,17,19H2,1-6H3/t25-/m1/s1. The summed E-state index contributed by atoms with van der Waals surface area (Å²) in [6.45, 7) is 12.8. The molecule has 0 saturated heterocycles. The maximum Gasteiger partial charge on any atom is 0.335 e. The molecule has 9 heteroatoms. The largest absolute Gasteiger partial charge is 0.543 e. The fraction of sp³-hybridized carbons (Fsp3) is 0.379. The molecule has 0 fully saturated rings. The molecule has 1 atom stereocenters. The van der Waals surface area contributed by atoms with Crippen LogP contribution in [-0.4, -0.2) is 42.1 Å². The Morgan fingerprint density at radius 1 is 1.16 bits per heavy atom. The second-order valence-electron chi connectivity index (χ2n) is 10.4. The van der Waals surface area contributed by atoms with Gasteiger partial charge in [-0.2, -0.15) is 5.26 Å². The highest BCUT2D eigenvalue weighted by Crippen LogP contribution is 2.38. The van der Waals surface area contributed by atoms with Gasteiger partial charge in [-0.3, -0.25) is 0 Å². The molecule has 1 heterocycles. The molecule has 2 aromatic carbocycles. The number of carbonyl (C=O) groups excluding carboxylic acids is 1. The monoisotopic (exact) mass is 533 g/mol. The van der Waals surface area contributed by atoms with Crippen molar-refractivity contribution >= 4 is 14.3 Å². The van der Waals surface area contributed by atoms with E-state index in [2.05, 4.69) is 49.9 Å². The summed E-state index contributed by atoms with van der Waals surface area (Å²) in [5.74, 6) is 0.894. The van der Waals surface area contributed by atoms with Gasteiger partial charge in [0.1, 0.15) is 18.1 Å². The normalized spacial score (nSPS) is 12.4. The zero-order chi connectivity index (χ0) is 27.9. The van der Waals surface area contributed by atoms with Gasteiger partial charge in [-0.05, 0) is 61.5 Å². The van der Waals surface area contributed by atoms with Crippen molar-refractivity contribution in [1.82, 2.24) is 9.97 Å². The molecule has 38 heavy (non-hydrogen) atoms. The third-order valence-electron chi connectivity index (χ3n) is 6.56. The third kappa shape index (κ3) is 7.18. The molecule has 1 aromatic heterocycles. The van der Waals surface area contributed by atoms with Gasteiger partial charge in [-0.1, -0.05) is 32.9 Å². The van der Waals surface area contributed by atoms with Crippen LogP contribution < -0.4 is 9.16 Å². The minimum Gasteiger partial charge on any atom is -0.543 e. The molecule has 0 aliphatic heterocycles. The molecule has 3 aromatic rings. The molecular formula is C29H35N3O5Si. The summed E-state index contributed by atoms with van der Waals surface area (Å²) in [5.41, 5.74) is 2.35. The van der Waals surface area contributed by atoms with Gasteiger partial charge < -0.3 is 19.0 Å². The van der Waals surface area contributed by atoms with E-state index in [0.717, 1.165) is 0 Å². The predicted octanol–water partition coefficient (Wildman–Crippen LogP) is 5.44. The molecule has 0 amide bonds. The second kappa shape index (κ2) is 12.2. The van der Waals surface area contributed by atoms with Crippen LogP contribution in [0.3, 0.4) is 0 Å². The molecule has 0 saturated carbocycles. The fourth-order valence-electron chi connectivity index (χ4n) is 3.43. The molecular weight excluding hydrogens is 498 g/mol. The summed E-state index contributed by atoms with van der Waals surface area (Å²) in [7, 11) is -2.11. The lowest BCUT2D eigenvalue weighted by Gasteiger charge is -2.36. The number of aromatic nitrogens is 2. The van der Waals surface area contributed by atoms with Gasteiger partial charge in [0, 0.05) is 23.7 Å². The average molecular weight is 534 g/mol. The van der Waals surface area contributed by atoms with Crippen molar-refractivity contribution < 1.29 is 23.8 Å². The number of nitriles is 1. The maximum absolute atomic E-state index is 12.1. The lowest BCUT2D eigenvalue weighted by Crippen LogP contribution is -2.43. The number of hydrogen-bond donors (Lipinski definition) is 1. The van der Waals surface area contributed by atoms with Crippen LogP contribution in [-0.2, 0) is 22.6 Å². The summed E-state index contributed by atoms with van der Waals surface area (Å²) in [4.78, 5) is 21.0. The Bertz CT molecular complexity index is 1310. The first-order valence-electron chi connectivity index (χ1n) is 12.6. The first kappa shape index (κ1) is 28.8. The summed E-state index contributed by atoms with van der Waals surface area (Å²) in [5, 5.41) is 19.9. The Morgan fingerprint density at radius 3 is 2.58 bits per heavy atom. The number of nitrogens with zero attached hydrogens (tertiary/aromatic N) is 3. The Balaban J connectivity index is 1.87. The van der Waals surface area contributed by atoms with Crippen LogP contribution in [0.4, 0.5) is 0 Å². The lowest BCUT2D eigenvalue weighted by molar-refractivity contribution is -0.152. The highest BCUT2D eigenvalue weighted by atomic mass is 28.4. The van der Waals surface area contributed by atoms with Crippen LogP contribution >= 0.6 is 0 Å². The Morgan fingerprint density at radius 2 is 1.89 bits per heavy atom. The average Bonchev–Trinajstić information content (AvgIpc) is 2.87. The summed E-state index contributed by atoms with van der Waals surface area (Å²) in [6.07, 6.45) is 0.290. The number of esters is 1. The van der Waals surface area contributed by atoms with E-state index in [0.29, 0.717) is 39.7 Å². The summed E-state index contributed by atoms with van der Waals surface area (Å²) in [6, 6.07) is 16.5. The number of carbonyl (C=O) groups is 1. The van der Waals surface area contributed by atoms with Crippen LogP contribution in [0.1, 0.15) is 44.5 Å². The van der Waals surface area contributed by atoms with Crippen molar-refractivity contribution in [2.24, 2.45) is 0 Å². The van der Waals surface area contributed by atoms with E-state index >= 15 is 0 Å². The number of aliphatic hydroxyl groups is 1. The molecule has 200 valence electrons. The number of ether oxygens (including phenoxy) is 2. The number of hydrogen-bond acceptors (Lipinski definition) is 8.